The van der Waals surface area contributed by atoms with Gasteiger partial charge in [-0.1, -0.05) is 6.07 Å². The zero-order valence-electron chi connectivity index (χ0n) is 7.72. The van der Waals surface area contributed by atoms with Crippen molar-refractivity contribution < 1.29 is 9.84 Å². The maximum absolute atomic E-state index is 9.42. The molecule has 0 unspecified atom stereocenters. The molecule has 1 aromatic rings. The number of aryl methyl sites for hydroxylation is 1. The molecule has 0 aliphatic rings. The fourth-order valence-electron chi connectivity index (χ4n) is 1.10. The maximum Gasteiger partial charge on any atom is 0.164 e. The average Bonchev–Trinajstić information content (AvgIpc) is 2.06. The lowest BCUT2D eigenvalue weighted by atomic mass is 10.1. The molecule has 66 valence electrons. The van der Waals surface area contributed by atoms with Gasteiger partial charge in [-0.3, -0.25) is 0 Å². The van der Waals surface area contributed by atoms with Crippen LogP contribution in [0, 0.1) is 13.8 Å². The average molecular weight is 166 g/mol. The number of ether oxygens (including phenoxy) is 1. The van der Waals surface area contributed by atoms with E-state index < -0.39 is 0 Å². The third-order valence-corrected chi connectivity index (χ3v) is 1.94. The van der Waals surface area contributed by atoms with Gasteiger partial charge in [-0.25, -0.2) is 0 Å². The molecule has 0 aromatic heterocycles. The lowest BCUT2D eigenvalue weighted by Gasteiger charge is -2.10. The third-order valence-electron chi connectivity index (χ3n) is 1.94. The third kappa shape index (κ3) is 1.52. The van der Waals surface area contributed by atoms with Crippen molar-refractivity contribution in [3.63, 3.8) is 0 Å². The van der Waals surface area contributed by atoms with Gasteiger partial charge in [0, 0.05) is 0 Å². The van der Waals surface area contributed by atoms with Crippen LogP contribution in [0.1, 0.15) is 18.1 Å². The van der Waals surface area contributed by atoms with Crippen LogP contribution in [0.2, 0.25) is 0 Å². The van der Waals surface area contributed by atoms with E-state index in [1.807, 2.05) is 26.8 Å². The summed E-state index contributed by atoms with van der Waals surface area (Å²) in [5.41, 5.74) is 2.15. The van der Waals surface area contributed by atoms with Crippen LogP contribution in [-0.4, -0.2) is 11.7 Å². The first kappa shape index (κ1) is 8.91. The molecule has 0 heterocycles. The number of phenolic OH excluding ortho intramolecular Hbond substituents is 1. The maximum atomic E-state index is 9.42. The van der Waals surface area contributed by atoms with Crippen LogP contribution in [0.3, 0.4) is 0 Å². The van der Waals surface area contributed by atoms with Gasteiger partial charge < -0.3 is 9.84 Å². The number of hydrogen-bond acceptors (Lipinski definition) is 2. The summed E-state index contributed by atoms with van der Waals surface area (Å²) < 4.78 is 5.30. The summed E-state index contributed by atoms with van der Waals surface area (Å²) in [4.78, 5) is 0. The van der Waals surface area contributed by atoms with Crippen LogP contribution in [0.15, 0.2) is 12.1 Å². The Balaban J connectivity index is 3.14. The van der Waals surface area contributed by atoms with Crippen molar-refractivity contribution >= 4 is 0 Å². The fraction of sp³-hybridized carbons (Fsp3) is 0.400. The normalized spacial score (nSPS) is 9.92. The van der Waals surface area contributed by atoms with Gasteiger partial charge in [0.15, 0.2) is 11.5 Å². The van der Waals surface area contributed by atoms with Gasteiger partial charge in [0.25, 0.3) is 0 Å². The van der Waals surface area contributed by atoms with Crippen LogP contribution in [0.25, 0.3) is 0 Å². The molecule has 1 rings (SSSR count). The standard InChI is InChI=1S/C10H14O2/c1-4-12-10-8(3)7(2)5-6-9(10)11/h5-6,11H,4H2,1-3H3. The zero-order valence-corrected chi connectivity index (χ0v) is 7.72. The van der Waals surface area contributed by atoms with Crippen LogP contribution in [0.5, 0.6) is 11.5 Å². The highest BCUT2D eigenvalue weighted by Crippen LogP contribution is 2.31. The second kappa shape index (κ2) is 3.48. The van der Waals surface area contributed by atoms with Crippen LogP contribution in [-0.2, 0) is 0 Å². The van der Waals surface area contributed by atoms with Crippen molar-refractivity contribution in [2.45, 2.75) is 20.8 Å². The molecule has 0 aliphatic heterocycles. The first-order chi connectivity index (χ1) is 5.66. The minimum absolute atomic E-state index is 0.222. The van der Waals surface area contributed by atoms with Crippen LogP contribution >= 0.6 is 0 Å². The molecule has 12 heavy (non-hydrogen) atoms. The van der Waals surface area contributed by atoms with Crippen molar-refractivity contribution in [2.24, 2.45) is 0 Å². The highest BCUT2D eigenvalue weighted by atomic mass is 16.5. The zero-order chi connectivity index (χ0) is 9.14. The van der Waals surface area contributed by atoms with E-state index in [9.17, 15) is 5.11 Å². The van der Waals surface area contributed by atoms with E-state index in [0.29, 0.717) is 12.4 Å². The second-order valence-corrected chi connectivity index (χ2v) is 2.79. The molecule has 0 atom stereocenters. The molecule has 0 amide bonds. The van der Waals surface area contributed by atoms with E-state index >= 15 is 0 Å². The molecule has 0 spiro atoms. The molecule has 0 radical (unpaired) electrons. The molecule has 0 saturated carbocycles. The molecule has 0 aliphatic carbocycles. The van der Waals surface area contributed by atoms with E-state index in [-0.39, 0.29) is 5.75 Å². The van der Waals surface area contributed by atoms with Gasteiger partial charge in [-0.15, -0.1) is 0 Å². The van der Waals surface area contributed by atoms with Gasteiger partial charge in [-0.05, 0) is 38.0 Å². The predicted octanol–water partition coefficient (Wildman–Crippen LogP) is 2.41. The van der Waals surface area contributed by atoms with E-state index in [1.165, 1.54) is 0 Å². The summed E-state index contributed by atoms with van der Waals surface area (Å²) >= 11 is 0. The minimum Gasteiger partial charge on any atom is -0.504 e. The number of rotatable bonds is 2. The van der Waals surface area contributed by atoms with Crippen LogP contribution < -0.4 is 4.74 Å². The van der Waals surface area contributed by atoms with Gasteiger partial charge in [-0.2, -0.15) is 0 Å². The summed E-state index contributed by atoms with van der Waals surface area (Å²) in [6.07, 6.45) is 0. The first-order valence-corrected chi connectivity index (χ1v) is 4.08. The second-order valence-electron chi connectivity index (χ2n) is 2.79. The summed E-state index contributed by atoms with van der Waals surface area (Å²) in [6.45, 7) is 6.43. The van der Waals surface area contributed by atoms with E-state index in [0.717, 1.165) is 11.1 Å². The summed E-state index contributed by atoms with van der Waals surface area (Å²) in [5, 5.41) is 9.42. The van der Waals surface area contributed by atoms with Crippen molar-refractivity contribution in [1.29, 1.82) is 0 Å². The van der Waals surface area contributed by atoms with Gasteiger partial charge in [0.2, 0.25) is 0 Å². The number of aromatic hydroxyl groups is 1. The lowest BCUT2D eigenvalue weighted by molar-refractivity contribution is 0.315. The number of benzene rings is 1. The summed E-state index contributed by atoms with van der Waals surface area (Å²) in [7, 11) is 0. The van der Waals surface area contributed by atoms with Crippen molar-refractivity contribution in [1.82, 2.24) is 0 Å². The van der Waals surface area contributed by atoms with Gasteiger partial charge in [0.1, 0.15) is 0 Å². The molecule has 2 heteroatoms. The van der Waals surface area contributed by atoms with Gasteiger partial charge in [0.05, 0.1) is 6.61 Å². The Hall–Kier alpha value is -1.18. The molecule has 1 N–H and O–H groups in total. The molecule has 1 aromatic carbocycles. The van der Waals surface area contributed by atoms with Crippen molar-refractivity contribution in [3.8, 4) is 11.5 Å². The Bertz CT molecular complexity index is 279. The molecule has 0 fully saturated rings. The van der Waals surface area contributed by atoms with Crippen LogP contribution in [0.4, 0.5) is 0 Å². The lowest BCUT2D eigenvalue weighted by Crippen LogP contribution is -1.95. The summed E-state index contributed by atoms with van der Waals surface area (Å²) in [6, 6.07) is 3.54. The topological polar surface area (TPSA) is 29.5 Å². The number of phenols is 1. The van der Waals surface area contributed by atoms with E-state index in [2.05, 4.69) is 0 Å². The monoisotopic (exact) mass is 166 g/mol. The smallest absolute Gasteiger partial charge is 0.164 e. The summed E-state index contributed by atoms with van der Waals surface area (Å²) in [5.74, 6) is 0.831. The molecule has 2 nitrogen and oxygen atoms in total. The molecule has 0 saturated heterocycles. The van der Waals surface area contributed by atoms with E-state index in [4.69, 9.17) is 4.74 Å². The highest BCUT2D eigenvalue weighted by Gasteiger charge is 2.06. The Morgan fingerprint density at radius 3 is 2.58 bits per heavy atom. The Morgan fingerprint density at radius 2 is 2.00 bits per heavy atom. The van der Waals surface area contributed by atoms with Crippen molar-refractivity contribution in [2.75, 3.05) is 6.61 Å². The van der Waals surface area contributed by atoms with Gasteiger partial charge >= 0.3 is 0 Å². The largest absolute Gasteiger partial charge is 0.504 e. The molecule has 0 bridgehead atoms. The SMILES string of the molecule is CCOc1c(O)ccc(C)c1C. The quantitative estimate of drug-likeness (QED) is 0.731. The molecular formula is C10H14O2. The first-order valence-electron chi connectivity index (χ1n) is 4.08. The Morgan fingerprint density at radius 1 is 1.33 bits per heavy atom. The Kier molecular flexibility index (Phi) is 2.58. The predicted molar refractivity (Wildman–Crippen MR) is 48.7 cm³/mol. The minimum atomic E-state index is 0.222. The Labute approximate surface area is 72.8 Å². The number of hydrogen-bond donors (Lipinski definition) is 1. The van der Waals surface area contributed by atoms with E-state index in [1.54, 1.807) is 6.07 Å². The fourth-order valence-corrected chi connectivity index (χ4v) is 1.10. The van der Waals surface area contributed by atoms with Crippen molar-refractivity contribution in [3.05, 3.63) is 23.3 Å². The highest BCUT2D eigenvalue weighted by molar-refractivity contribution is 5.48. The molecular weight excluding hydrogens is 152 g/mol.